The quantitative estimate of drug-likeness (QED) is 0.707. The van der Waals surface area contributed by atoms with Crippen molar-refractivity contribution in [2.45, 2.75) is 54.9 Å². The number of carbonyl (C=O) groups is 1. The molecule has 100 valence electrons. The van der Waals surface area contributed by atoms with Gasteiger partial charge in [0.15, 0.2) is 5.78 Å². The summed E-state index contributed by atoms with van der Waals surface area (Å²) in [5.41, 5.74) is 5.92. The second kappa shape index (κ2) is 5.69. The lowest BCUT2D eigenvalue weighted by Gasteiger charge is -2.18. The van der Waals surface area contributed by atoms with E-state index in [9.17, 15) is 4.79 Å². The van der Waals surface area contributed by atoms with Crippen LogP contribution >= 0.6 is 0 Å². The number of rotatable bonds is 4. The summed E-state index contributed by atoms with van der Waals surface area (Å²) >= 11 is 0. The van der Waals surface area contributed by atoms with Crippen molar-refractivity contribution < 1.29 is 4.79 Å². The molecule has 0 saturated carbocycles. The van der Waals surface area contributed by atoms with Gasteiger partial charge >= 0.3 is 0 Å². The van der Waals surface area contributed by atoms with Crippen LogP contribution in [0.2, 0.25) is 0 Å². The summed E-state index contributed by atoms with van der Waals surface area (Å²) in [6, 6.07) is 2.21. The van der Waals surface area contributed by atoms with Crippen molar-refractivity contribution >= 4 is 5.78 Å². The highest BCUT2D eigenvalue weighted by molar-refractivity contribution is 6.00. The van der Waals surface area contributed by atoms with E-state index in [1.165, 1.54) is 16.7 Å². The SMILES string of the molecule is Cc1cc(CC(C)C)c(C)c(C)c1C(=O)C(C)C. The summed E-state index contributed by atoms with van der Waals surface area (Å²) in [5, 5.41) is 0. The Kier molecular flexibility index (Phi) is 4.72. The molecule has 1 aromatic rings. The fourth-order valence-electron chi connectivity index (χ4n) is 2.49. The maximum absolute atomic E-state index is 12.3. The maximum Gasteiger partial charge on any atom is 0.165 e. The third-order valence-corrected chi connectivity index (χ3v) is 3.60. The second-order valence-electron chi connectivity index (χ2n) is 6.09. The van der Waals surface area contributed by atoms with Gasteiger partial charge in [-0.1, -0.05) is 33.8 Å². The standard InChI is InChI=1S/C17H26O/c1-10(2)8-15-9-12(5)16(14(7)13(15)6)17(18)11(3)4/h9-11H,8H2,1-7H3. The van der Waals surface area contributed by atoms with Crippen LogP contribution in [0.15, 0.2) is 6.07 Å². The molecule has 0 bridgehead atoms. The fraction of sp³-hybridized carbons (Fsp3) is 0.588. The molecule has 0 radical (unpaired) electrons. The van der Waals surface area contributed by atoms with E-state index < -0.39 is 0 Å². The van der Waals surface area contributed by atoms with Crippen LogP contribution in [0, 0.1) is 32.6 Å². The zero-order valence-corrected chi connectivity index (χ0v) is 12.8. The fourth-order valence-corrected chi connectivity index (χ4v) is 2.49. The molecule has 0 fully saturated rings. The molecule has 0 atom stereocenters. The first-order chi connectivity index (χ1) is 8.25. The summed E-state index contributed by atoms with van der Waals surface area (Å²) < 4.78 is 0. The zero-order chi connectivity index (χ0) is 14.0. The first-order valence-corrected chi connectivity index (χ1v) is 6.89. The summed E-state index contributed by atoms with van der Waals surface area (Å²) in [6.07, 6.45) is 1.09. The van der Waals surface area contributed by atoms with Crippen LogP contribution in [0.4, 0.5) is 0 Å². The minimum atomic E-state index is 0.0674. The third kappa shape index (κ3) is 3.01. The Labute approximate surface area is 112 Å². The normalized spacial score (nSPS) is 11.4. The number of hydrogen-bond acceptors (Lipinski definition) is 1. The van der Waals surface area contributed by atoms with Crippen molar-refractivity contribution in [2.24, 2.45) is 11.8 Å². The average molecular weight is 246 g/mol. The number of Topliss-reactive ketones (excluding diaryl/α,β-unsaturated/α-hetero) is 1. The molecule has 0 aliphatic heterocycles. The van der Waals surface area contributed by atoms with Crippen LogP contribution in [0.5, 0.6) is 0 Å². The summed E-state index contributed by atoms with van der Waals surface area (Å²) in [5.74, 6) is 0.982. The predicted octanol–water partition coefficient (Wildman–Crippen LogP) is 4.65. The first kappa shape index (κ1) is 14.9. The minimum Gasteiger partial charge on any atom is -0.294 e. The molecule has 0 saturated heterocycles. The van der Waals surface area contributed by atoms with Crippen LogP contribution in [-0.4, -0.2) is 5.78 Å². The van der Waals surface area contributed by atoms with E-state index in [-0.39, 0.29) is 11.7 Å². The number of hydrogen-bond donors (Lipinski definition) is 0. The molecule has 0 aliphatic carbocycles. The van der Waals surface area contributed by atoms with Gasteiger partial charge in [0.25, 0.3) is 0 Å². The van der Waals surface area contributed by atoms with Crippen LogP contribution in [0.1, 0.15) is 60.3 Å². The molecule has 1 aromatic carbocycles. The van der Waals surface area contributed by atoms with Gasteiger partial charge in [-0.2, -0.15) is 0 Å². The van der Waals surface area contributed by atoms with Crippen LogP contribution in [-0.2, 0) is 6.42 Å². The highest BCUT2D eigenvalue weighted by Crippen LogP contribution is 2.26. The molecule has 0 aromatic heterocycles. The molecular weight excluding hydrogens is 220 g/mol. The minimum absolute atomic E-state index is 0.0674. The number of ketones is 1. The Bertz CT molecular complexity index is 453. The summed E-state index contributed by atoms with van der Waals surface area (Å²) in [4.78, 5) is 12.3. The molecule has 0 N–H and O–H groups in total. The number of aryl methyl sites for hydroxylation is 1. The van der Waals surface area contributed by atoms with Gasteiger partial charge in [0.1, 0.15) is 0 Å². The Morgan fingerprint density at radius 2 is 1.61 bits per heavy atom. The van der Waals surface area contributed by atoms with Gasteiger partial charge in [-0.25, -0.2) is 0 Å². The third-order valence-electron chi connectivity index (χ3n) is 3.60. The topological polar surface area (TPSA) is 17.1 Å². The van der Waals surface area contributed by atoms with E-state index in [2.05, 4.69) is 40.7 Å². The van der Waals surface area contributed by atoms with Crippen LogP contribution in [0.25, 0.3) is 0 Å². The van der Waals surface area contributed by atoms with Crippen LogP contribution < -0.4 is 0 Å². The van der Waals surface area contributed by atoms with E-state index in [0.29, 0.717) is 5.92 Å². The molecule has 1 heteroatoms. The maximum atomic E-state index is 12.3. The lowest BCUT2D eigenvalue weighted by molar-refractivity contribution is 0.0938. The summed E-state index contributed by atoms with van der Waals surface area (Å²) in [7, 11) is 0. The van der Waals surface area contributed by atoms with E-state index in [4.69, 9.17) is 0 Å². The number of carbonyl (C=O) groups excluding carboxylic acids is 1. The Morgan fingerprint density at radius 1 is 1.06 bits per heavy atom. The largest absolute Gasteiger partial charge is 0.294 e. The van der Waals surface area contributed by atoms with E-state index in [0.717, 1.165) is 17.5 Å². The monoisotopic (exact) mass is 246 g/mol. The highest BCUT2D eigenvalue weighted by Gasteiger charge is 2.18. The molecule has 1 rings (SSSR count). The van der Waals surface area contributed by atoms with Gasteiger partial charge in [-0.3, -0.25) is 4.79 Å². The van der Waals surface area contributed by atoms with Crippen LogP contribution in [0.3, 0.4) is 0 Å². The molecule has 0 aliphatic rings. The zero-order valence-electron chi connectivity index (χ0n) is 12.8. The van der Waals surface area contributed by atoms with Crippen molar-refractivity contribution in [3.05, 3.63) is 33.9 Å². The Morgan fingerprint density at radius 3 is 2.06 bits per heavy atom. The van der Waals surface area contributed by atoms with E-state index in [1.54, 1.807) is 0 Å². The lowest BCUT2D eigenvalue weighted by atomic mass is 9.86. The van der Waals surface area contributed by atoms with Crippen molar-refractivity contribution in [1.29, 1.82) is 0 Å². The number of benzene rings is 1. The first-order valence-electron chi connectivity index (χ1n) is 6.89. The molecule has 1 nitrogen and oxygen atoms in total. The van der Waals surface area contributed by atoms with Crippen molar-refractivity contribution in [3.8, 4) is 0 Å². The highest BCUT2D eigenvalue weighted by atomic mass is 16.1. The van der Waals surface area contributed by atoms with E-state index in [1.807, 2.05) is 13.8 Å². The van der Waals surface area contributed by atoms with Crippen molar-refractivity contribution in [2.75, 3.05) is 0 Å². The van der Waals surface area contributed by atoms with Crippen molar-refractivity contribution in [1.82, 2.24) is 0 Å². The van der Waals surface area contributed by atoms with Gasteiger partial charge in [0, 0.05) is 11.5 Å². The predicted molar refractivity (Wildman–Crippen MR) is 78.4 cm³/mol. The Hall–Kier alpha value is -1.11. The van der Waals surface area contributed by atoms with Gasteiger partial charge in [0.05, 0.1) is 0 Å². The second-order valence-corrected chi connectivity index (χ2v) is 6.09. The van der Waals surface area contributed by atoms with Gasteiger partial charge in [-0.15, -0.1) is 0 Å². The molecule has 0 spiro atoms. The van der Waals surface area contributed by atoms with Gasteiger partial charge in [-0.05, 0) is 55.4 Å². The lowest BCUT2D eigenvalue weighted by Crippen LogP contribution is -2.13. The molecule has 0 heterocycles. The smallest absolute Gasteiger partial charge is 0.165 e. The van der Waals surface area contributed by atoms with Crippen molar-refractivity contribution in [3.63, 3.8) is 0 Å². The molecule has 18 heavy (non-hydrogen) atoms. The molecule has 0 amide bonds. The molecule has 0 unspecified atom stereocenters. The van der Waals surface area contributed by atoms with Gasteiger partial charge < -0.3 is 0 Å². The average Bonchev–Trinajstić information content (AvgIpc) is 2.24. The molecular formula is C17H26O. The van der Waals surface area contributed by atoms with E-state index >= 15 is 0 Å². The van der Waals surface area contributed by atoms with Gasteiger partial charge in [0.2, 0.25) is 0 Å². The summed E-state index contributed by atoms with van der Waals surface area (Å²) in [6.45, 7) is 14.7. The Balaban J connectivity index is 3.33.